The van der Waals surface area contributed by atoms with E-state index in [9.17, 15) is 28.0 Å². The fourth-order valence-corrected chi connectivity index (χ4v) is 4.06. The third-order valence-electron chi connectivity index (χ3n) is 5.95. The molecule has 0 bridgehead atoms. The summed E-state index contributed by atoms with van der Waals surface area (Å²) in [6.45, 7) is 0.609. The predicted octanol–water partition coefficient (Wildman–Crippen LogP) is 3.48. The molecule has 1 atom stereocenters. The van der Waals surface area contributed by atoms with Crippen LogP contribution in [0.3, 0.4) is 0 Å². The van der Waals surface area contributed by atoms with E-state index >= 15 is 0 Å². The third kappa shape index (κ3) is 4.60. The van der Waals surface area contributed by atoms with Gasteiger partial charge in [-0.15, -0.1) is 0 Å². The Morgan fingerprint density at radius 3 is 2.67 bits per heavy atom. The number of nitrogens with zero attached hydrogens (tertiary/aromatic N) is 4. The second-order valence-corrected chi connectivity index (χ2v) is 8.27. The van der Waals surface area contributed by atoms with Gasteiger partial charge in [-0.3, -0.25) is 9.59 Å². The van der Waals surface area contributed by atoms with E-state index in [0.717, 1.165) is 12.8 Å². The van der Waals surface area contributed by atoms with Crippen LogP contribution in [0.2, 0.25) is 0 Å². The minimum Gasteiger partial charge on any atom is -0.343 e. The van der Waals surface area contributed by atoms with Crippen molar-refractivity contribution >= 4 is 29.1 Å². The molecule has 1 aliphatic carbocycles. The lowest BCUT2D eigenvalue weighted by molar-refractivity contribution is -0.124. The first-order valence-corrected chi connectivity index (χ1v) is 10.4. The van der Waals surface area contributed by atoms with Gasteiger partial charge in [0.1, 0.15) is 23.6 Å². The molecule has 4 rings (SSSR count). The van der Waals surface area contributed by atoms with Crippen LogP contribution in [0.15, 0.2) is 30.6 Å². The Bertz CT molecular complexity index is 1140. The Balaban J connectivity index is 1.47. The molecule has 0 unspecified atom stereocenters. The molecule has 1 saturated carbocycles. The lowest BCUT2D eigenvalue weighted by atomic mass is 9.83. The van der Waals surface area contributed by atoms with Crippen LogP contribution in [0.5, 0.6) is 0 Å². The van der Waals surface area contributed by atoms with Crippen molar-refractivity contribution in [1.82, 2.24) is 15.3 Å². The SMILES string of the molecule is Cc1cc(Nc2cc(N3CC[C@@](C#N)(C4CC4)C3=O)ccn2)ncc1C(=O)NCC(F)(F)F. The molecular formula is C22H21F3N6O2. The van der Waals surface area contributed by atoms with E-state index < -0.39 is 24.0 Å². The molecule has 11 heteroatoms. The maximum Gasteiger partial charge on any atom is 0.405 e. The monoisotopic (exact) mass is 458 g/mol. The van der Waals surface area contributed by atoms with Crippen molar-refractivity contribution in [3.8, 4) is 6.07 Å². The summed E-state index contributed by atoms with van der Waals surface area (Å²) in [6.07, 6.45) is 0.500. The number of halogens is 3. The van der Waals surface area contributed by atoms with E-state index in [2.05, 4.69) is 21.4 Å². The average molecular weight is 458 g/mol. The van der Waals surface area contributed by atoms with Crippen molar-refractivity contribution in [2.75, 3.05) is 23.3 Å². The highest BCUT2D eigenvalue weighted by Gasteiger charge is 2.56. The molecule has 2 N–H and O–H groups in total. The molecular weight excluding hydrogens is 437 g/mol. The van der Waals surface area contributed by atoms with Gasteiger partial charge in [0.15, 0.2) is 0 Å². The van der Waals surface area contributed by atoms with Crippen molar-refractivity contribution in [3.05, 3.63) is 41.7 Å². The van der Waals surface area contributed by atoms with Gasteiger partial charge < -0.3 is 15.5 Å². The van der Waals surface area contributed by atoms with Crippen molar-refractivity contribution in [2.24, 2.45) is 11.3 Å². The Kier molecular flexibility index (Phi) is 5.69. The summed E-state index contributed by atoms with van der Waals surface area (Å²) in [7, 11) is 0. The van der Waals surface area contributed by atoms with E-state index in [0.29, 0.717) is 35.9 Å². The molecule has 2 aromatic rings. The van der Waals surface area contributed by atoms with E-state index in [1.165, 1.54) is 18.5 Å². The van der Waals surface area contributed by atoms with Crippen LogP contribution in [0.4, 0.5) is 30.5 Å². The topological polar surface area (TPSA) is 111 Å². The van der Waals surface area contributed by atoms with E-state index in [-0.39, 0.29) is 17.4 Å². The standard InChI is InChI=1S/C22H21F3N6O2/c1-13-8-17(28-10-16(13)19(32)29-12-22(23,24)25)30-18-9-15(4-6-27-18)31-7-5-21(11-26,20(31)33)14-2-3-14/h4,6,8-10,14H,2-3,5,7,12H2,1H3,(H,29,32)(H,27,28,30)/t21-/m1/s1. The number of aromatic nitrogens is 2. The lowest BCUT2D eigenvalue weighted by Crippen LogP contribution is -2.35. The van der Waals surface area contributed by atoms with Crippen LogP contribution in [-0.4, -0.2) is 41.0 Å². The second-order valence-electron chi connectivity index (χ2n) is 8.27. The van der Waals surface area contributed by atoms with Crippen LogP contribution in [0, 0.1) is 29.6 Å². The smallest absolute Gasteiger partial charge is 0.343 e. The molecule has 33 heavy (non-hydrogen) atoms. The quantitative estimate of drug-likeness (QED) is 0.686. The zero-order valence-electron chi connectivity index (χ0n) is 17.7. The van der Waals surface area contributed by atoms with Gasteiger partial charge in [-0.1, -0.05) is 0 Å². The fourth-order valence-electron chi connectivity index (χ4n) is 4.06. The van der Waals surface area contributed by atoms with Crippen molar-refractivity contribution in [2.45, 2.75) is 32.4 Å². The van der Waals surface area contributed by atoms with Crippen LogP contribution in [0.1, 0.15) is 35.2 Å². The minimum absolute atomic E-state index is 0.0297. The summed E-state index contributed by atoms with van der Waals surface area (Å²) in [6, 6.07) is 7.13. The maximum atomic E-state index is 13.0. The van der Waals surface area contributed by atoms with Gasteiger partial charge in [-0.05, 0) is 49.8 Å². The molecule has 2 amide bonds. The number of nitrogens with one attached hydrogen (secondary N) is 2. The van der Waals surface area contributed by atoms with E-state index in [1.54, 1.807) is 24.0 Å². The van der Waals surface area contributed by atoms with Crippen molar-refractivity contribution < 1.29 is 22.8 Å². The largest absolute Gasteiger partial charge is 0.405 e. The zero-order chi connectivity index (χ0) is 23.8. The highest BCUT2D eigenvalue weighted by Crippen LogP contribution is 2.51. The molecule has 0 aromatic carbocycles. The summed E-state index contributed by atoms with van der Waals surface area (Å²) in [5.41, 5.74) is 0.122. The number of hydrogen-bond donors (Lipinski definition) is 2. The first kappa shape index (κ1) is 22.5. The number of anilines is 3. The molecule has 2 fully saturated rings. The third-order valence-corrected chi connectivity index (χ3v) is 5.95. The first-order chi connectivity index (χ1) is 15.6. The zero-order valence-corrected chi connectivity index (χ0v) is 17.7. The number of nitriles is 1. The van der Waals surface area contributed by atoms with Crippen LogP contribution >= 0.6 is 0 Å². The van der Waals surface area contributed by atoms with Gasteiger partial charge in [-0.2, -0.15) is 18.4 Å². The van der Waals surface area contributed by atoms with Crippen LogP contribution < -0.4 is 15.5 Å². The van der Waals surface area contributed by atoms with E-state index in [1.807, 2.05) is 5.32 Å². The van der Waals surface area contributed by atoms with Gasteiger partial charge in [0, 0.05) is 30.7 Å². The average Bonchev–Trinajstić information content (AvgIpc) is 3.56. The Morgan fingerprint density at radius 1 is 1.30 bits per heavy atom. The number of carbonyl (C=O) groups is 2. The molecule has 0 radical (unpaired) electrons. The minimum atomic E-state index is -4.50. The fraction of sp³-hybridized carbons (Fsp3) is 0.409. The number of carbonyl (C=O) groups excluding carboxylic acids is 2. The number of amides is 2. The van der Waals surface area contributed by atoms with Crippen molar-refractivity contribution in [3.63, 3.8) is 0 Å². The van der Waals surface area contributed by atoms with E-state index in [4.69, 9.17) is 0 Å². The molecule has 2 aromatic heterocycles. The lowest BCUT2D eigenvalue weighted by Gasteiger charge is -2.21. The number of pyridine rings is 2. The summed E-state index contributed by atoms with van der Waals surface area (Å²) in [4.78, 5) is 34.9. The molecule has 0 spiro atoms. The van der Waals surface area contributed by atoms with Crippen LogP contribution in [0.25, 0.3) is 0 Å². The van der Waals surface area contributed by atoms with Crippen molar-refractivity contribution in [1.29, 1.82) is 5.26 Å². The van der Waals surface area contributed by atoms with Gasteiger partial charge in [-0.25, -0.2) is 9.97 Å². The number of hydrogen-bond acceptors (Lipinski definition) is 6. The number of rotatable bonds is 6. The number of alkyl halides is 3. The summed E-state index contributed by atoms with van der Waals surface area (Å²) >= 11 is 0. The van der Waals surface area contributed by atoms with Crippen LogP contribution in [-0.2, 0) is 4.79 Å². The highest BCUT2D eigenvalue weighted by atomic mass is 19.4. The van der Waals surface area contributed by atoms with Gasteiger partial charge >= 0.3 is 6.18 Å². The maximum absolute atomic E-state index is 13.0. The predicted molar refractivity (Wildman–Crippen MR) is 113 cm³/mol. The molecule has 1 saturated heterocycles. The first-order valence-electron chi connectivity index (χ1n) is 10.4. The van der Waals surface area contributed by atoms with Gasteiger partial charge in [0.25, 0.3) is 5.91 Å². The highest BCUT2D eigenvalue weighted by molar-refractivity contribution is 6.02. The Hall–Kier alpha value is -3.68. The summed E-state index contributed by atoms with van der Waals surface area (Å²) in [5, 5.41) is 14.5. The molecule has 2 aliphatic rings. The molecule has 172 valence electrons. The summed E-state index contributed by atoms with van der Waals surface area (Å²) in [5.74, 6) is -0.205. The molecule has 8 nitrogen and oxygen atoms in total. The number of aryl methyl sites for hydroxylation is 1. The summed E-state index contributed by atoms with van der Waals surface area (Å²) < 4.78 is 37.0. The molecule has 3 heterocycles. The van der Waals surface area contributed by atoms with Gasteiger partial charge in [0.05, 0.1) is 11.6 Å². The molecule has 1 aliphatic heterocycles. The second kappa shape index (κ2) is 8.35. The Labute approximate surface area is 187 Å². The normalized spacial score (nSPS) is 20.5. The Morgan fingerprint density at radius 2 is 2.03 bits per heavy atom. The van der Waals surface area contributed by atoms with Gasteiger partial charge in [0.2, 0.25) is 5.91 Å².